The van der Waals surface area contributed by atoms with Crippen molar-refractivity contribution in [3.8, 4) is 5.75 Å². The van der Waals surface area contributed by atoms with Gasteiger partial charge in [-0.25, -0.2) is 4.98 Å². The Labute approximate surface area is 176 Å². The van der Waals surface area contributed by atoms with Gasteiger partial charge in [0, 0.05) is 17.6 Å². The van der Waals surface area contributed by atoms with Gasteiger partial charge in [0.25, 0.3) is 0 Å². The number of nitrogens with zero attached hydrogens (tertiary/aromatic N) is 2. The van der Waals surface area contributed by atoms with E-state index in [9.17, 15) is 0 Å². The molecule has 0 bridgehead atoms. The molecule has 1 heterocycles. The Balaban J connectivity index is 0.00000240. The molecule has 6 heteroatoms. The molecule has 0 amide bonds. The van der Waals surface area contributed by atoms with Crippen molar-refractivity contribution in [2.24, 2.45) is 0 Å². The Morgan fingerprint density at radius 1 is 0.862 bits per heavy atom. The molecule has 3 aromatic carbocycles. The molecule has 0 spiro atoms. The highest BCUT2D eigenvalue weighted by atomic mass is 35.5. The number of fused-ring (bicyclic) bond motifs is 1. The van der Waals surface area contributed by atoms with Gasteiger partial charge < -0.3 is 15.4 Å². The Kier molecular flexibility index (Phi) is 6.52. The van der Waals surface area contributed by atoms with Crippen LogP contribution in [0.1, 0.15) is 11.1 Å². The third-order valence-corrected chi connectivity index (χ3v) is 4.60. The number of rotatable bonds is 6. The summed E-state index contributed by atoms with van der Waals surface area (Å²) in [5.74, 6) is 2.01. The molecule has 0 saturated carbocycles. The van der Waals surface area contributed by atoms with Crippen LogP contribution in [0.15, 0.2) is 72.8 Å². The number of para-hydroxylation sites is 2. The molecule has 5 nitrogen and oxygen atoms in total. The first-order valence-corrected chi connectivity index (χ1v) is 9.20. The Hall–Kier alpha value is -3.31. The van der Waals surface area contributed by atoms with Crippen LogP contribution < -0.4 is 15.4 Å². The zero-order valence-electron chi connectivity index (χ0n) is 16.3. The molecule has 4 aromatic rings. The van der Waals surface area contributed by atoms with E-state index in [1.54, 1.807) is 7.11 Å². The van der Waals surface area contributed by atoms with Crippen LogP contribution in [0.25, 0.3) is 10.9 Å². The van der Waals surface area contributed by atoms with Crippen LogP contribution in [0.2, 0.25) is 0 Å². The summed E-state index contributed by atoms with van der Waals surface area (Å²) in [5.41, 5.74) is 4.10. The first-order valence-electron chi connectivity index (χ1n) is 9.20. The smallest absolute Gasteiger partial charge is 0.225 e. The molecule has 0 unspecified atom stereocenters. The van der Waals surface area contributed by atoms with Crippen LogP contribution in [0.4, 0.5) is 17.5 Å². The van der Waals surface area contributed by atoms with Gasteiger partial charge in [0.05, 0.1) is 7.11 Å². The molecule has 29 heavy (non-hydrogen) atoms. The summed E-state index contributed by atoms with van der Waals surface area (Å²) in [6.45, 7) is 2.71. The van der Waals surface area contributed by atoms with Gasteiger partial charge in [-0.3, -0.25) is 0 Å². The van der Waals surface area contributed by atoms with E-state index in [4.69, 9.17) is 14.7 Å². The normalized spacial score (nSPS) is 10.3. The SMILES string of the molecule is COc1cccc2c(Nc3ccccc3C)nc(NCc3ccccc3)nc12.Cl. The van der Waals surface area contributed by atoms with Gasteiger partial charge in [-0.1, -0.05) is 54.6 Å². The van der Waals surface area contributed by atoms with E-state index in [0.717, 1.165) is 33.7 Å². The minimum Gasteiger partial charge on any atom is -0.494 e. The number of nitrogens with one attached hydrogen (secondary N) is 2. The van der Waals surface area contributed by atoms with Gasteiger partial charge in [0.1, 0.15) is 17.1 Å². The van der Waals surface area contributed by atoms with Crippen molar-refractivity contribution in [3.63, 3.8) is 0 Å². The number of aromatic nitrogens is 2. The summed E-state index contributed by atoms with van der Waals surface area (Å²) < 4.78 is 5.53. The summed E-state index contributed by atoms with van der Waals surface area (Å²) >= 11 is 0. The topological polar surface area (TPSA) is 59.1 Å². The summed E-state index contributed by atoms with van der Waals surface area (Å²) in [5, 5.41) is 7.70. The molecule has 0 aliphatic rings. The molecule has 4 rings (SSSR count). The zero-order chi connectivity index (χ0) is 19.3. The van der Waals surface area contributed by atoms with E-state index in [0.29, 0.717) is 12.5 Å². The second-order valence-corrected chi connectivity index (χ2v) is 6.53. The lowest BCUT2D eigenvalue weighted by atomic mass is 10.2. The standard InChI is InChI=1S/C23H22N4O.ClH/c1-16-9-6-7-13-19(16)25-22-18-12-8-14-20(28-2)21(18)26-23(27-22)24-15-17-10-4-3-5-11-17;/h3-14H,15H2,1-2H3,(H2,24,25,26,27);1H. The Bertz CT molecular complexity index is 1100. The van der Waals surface area contributed by atoms with Gasteiger partial charge in [-0.05, 0) is 36.2 Å². The van der Waals surface area contributed by atoms with Crippen molar-refractivity contribution in [2.45, 2.75) is 13.5 Å². The van der Waals surface area contributed by atoms with Crippen molar-refractivity contribution >= 4 is 40.8 Å². The summed E-state index contributed by atoms with van der Waals surface area (Å²) in [6, 6.07) is 24.2. The number of hydrogen-bond acceptors (Lipinski definition) is 5. The summed E-state index contributed by atoms with van der Waals surface area (Å²) in [4.78, 5) is 9.44. The molecule has 0 saturated heterocycles. The van der Waals surface area contributed by atoms with Crippen molar-refractivity contribution in [2.75, 3.05) is 17.7 Å². The van der Waals surface area contributed by atoms with Crippen molar-refractivity contribution in [3.05, 3.63) is 83.9 Å². The molecule has 0 atom stereocenters. The highest BCUT2D eigenvalue weighted by Gasteiger charge is 2.12. The van der Waals surface area contributed by atoms with Crippen molar-refractivity contribution < 1.29 is 4.74 Å². The maximum Gasteiger partial charge on any atom is 0.225 e. The van der Waals surface area contributed by atoms with E-state index in [1.807, 2.05) is 54.6 Å². The molecule has 0 radical (unpaired) electrons. The molecule has 0 aliphatic carbocycles. The first-order chi connectivity index (χ1) is 13.7. The fourth-order valence-corrected chi connectivity index (χ4v) is 3.08. The van der Waals surface area contributed by atoms with Crippen LogP contribution in [0.3, 0.4) is 0 Å². The number of halogens is 1. The van der Waals surface area contributed by atoms with Gasteiger partial charge in [-0.2, -0.15) is 4.98 Å². The molecular weight excluding hydrogens is 384 g/mol. The van der Waals surface area contributed by atoms with Crippen LogP contribution >= 0.6 is 12.4 Å². The Morgan fingerprint density at radius 3 is 2.38 bits per heavy atom. The molecular formula is C23H23ClN4O. The highest BCUT2D eigenvalue weighted by molar-refractivity contribution is 5.95. The van der Waals surface area contributed by atoms with E-state index >= 15 is 0 Å². The summed E-state index contributed by atoms with van der Waals surface area (Å²) in [7, 11) is 1.66. The van der Waals surface area contributed by atoms with Crippen LogP contribution in [-0.4, -0.2) is 17.1 Å². The molecule has 2 N–H and O–H groups in total. The third kappa shape index (κ3) is 4.58. The quantitative estimate of drug-likeness (QED) is 0.428. The van der Waals surface area contributed by atoms with Crippen LogP contribution in [-0.2, 0) is 6.54 Å². The summed E-state index contributed by atoms with van der Waals surface area (Å²) in [6.07, 6.45) is 0. The second-order valence-electron chi connectivity index (χ2n) is 6.53. The minimum absolute atomic E-state index is 0. The highest BCUT2D eigenvalue weighted by Crippen LogP contribution is 2.31. The lowest BCUT2D eigenvalue weighted by Crippen LogP contribution is -2.07. The fourth-order valence-electron chi connectivity index (χ4n) is 3.08. The number of anilines is 3. The molecule has 1 aromatic heterocycles. The number of aryl methyl sites for hydroxylation is 1. The van der Waals surface area contributed by atoms with E-state index in [1.165, 1.54) is 5.56 Å². The van der Waals surface area contributed by atoms with Crippen molar-refractivity contribution in [1.29, 1.82) is 0 Å². The Morgan fingerprint density at radius 2 is 1.62 bits per heavy atom. The molecule has 0 fully saturated rings. The third-order valence-electron chi connectivity index (χ3n) is 4.60. The predicted octanol–water partition coefficient (Wildman–Crippen LogP) is 5.72. The molecule has 0 aliphatic heterocycles. The van der Waals surface area contributed by atoms with E-state index in [-0.39, 0.29) is 12.4 Å². The minimum atomic E-state index is 0. The fraction of sp³-hybridized carbons (Fsp3) is 0.130. The largest absolute Gasteiger partial charge is 0.494 e. The maximum atomic E-state index is 5.53. The lowest BCUT2D eigenvalue weighted by molar-refractivity contribution is 0.419. The van der Waals surface area contributed by atoms with E-state index in [2.05, 4.69) is 35.8 Å². The van der Waals surface area contributed by atoms with Gasteiger partial charge in [-0.15, -0.1) is 12.4 Å². The van der Waals surface area contributed by atoms with Crippen LogP contribution in [0.5, 0.6) is 5.75 Å². The lowest BCUT2D eigenvalue weighted by Gasteiger charge is -2.14. The monoisotopic (exact) mass is 406 g/mol. The number of methoxy groups -OCH3 is 1. The maximum absolute atomic E-state index is 5.53. The molecule has 148 valence electrons. The van der Waals surface area contributed by atoms with E-state index < -0.39 is 0 Å². The van der Waals surface area contributed by atoms with Gasteiger partial charge in [0.2, 0.25) is 5.95 Å². The predicted molar refractivity (Wildman–Crippen MR) is 122 cm³/mol. The van der Waals surface area contributed by atoms with Gasteiger partial charge >= 0.3 is 0 Å². The second kappa shape index (κ2) is 9.26. The number of ether oxygens (including phenoxy) is 1. The zero-order valence-corrected chi connectivity index (χ0v) is 17.2. The average molecular weight is 407 g/mol. The first kappa shape index (κ1) is 20.4. The van der Waals surface area contributed by atoms with Crippen LogP contribution in [0, 0.1) is 6.92 Å². The number of benzene rings is 3. The average Bonchev–Trinajstić information content (AvgIpc) is 2.74. The van der Waals surface area contributed by atoms with Gasteiger partial charge in [0.15, 0.2) is 0 Å². The van der Waals surface area contributed by atoms with Crippen molar-refractivity contribution in [1.82, 2.24) is 9.97 Å². The number of hydrogen-bond donors (Lipinski definition) is 2.